The molecule has 3 rings (SSSR count). The summed E-state index contributed by atoms with van der Waals surface area (Å²) in [5.74, 6) is 1.62. The van der Waals surface area contributed by atoms with Crippen LogP contribution < -0.4 is 19.7 Å². The van der Waals surface area contributed by atoms with Crippen LogP contribution in [0.4, 0.5) is 11.4 Å². The summed E-state index contributed by atoms with van der Waals surface area (Å²) < 4.78 is 11.7. The molecule has 1 aliphatic heterocycles. The minimum absolute atomic E-state index is 0.392. The molecule has 1 fully saturated rings. The molecule has 2 heterocycles. The average Bonchev–Trinajstić information content (AvgIpc) is 3.03. The molecule has 0 aliphatic carbocycles. The van der Waals surface area contributed by atoms with Gasteiger partial charge in [0.1, 0.15) is 11.5 Å². The second kappa shape index (κ2) is 7.08. The zero-order valence-electron chi connectivity index (χ0n) is 13.3. The summed E-state index contributed by atoms with van der Waals surface area (Å²) in [6, 6.07) is 8.42. The van der Waals surface area contributed by atoms with Gasteiger partial charge in [0.2, 0.25) is 0 Å². The molecule has 1 unspecified atom stereocenters. The molecule has 1 atom stereocenters. The Balaban J connectivity index is 1.70. The van der Waals surface area contributed by atoms with Crippen molar-refractivity contribution in [1.29, 1.82) is 0 Å². The number of hydrogen-bond acceptors (Lipinski definition) is 5. The number of aromatic nitrogens is 1. The summed E-state index contributed by atoms with van der Waals surface area (Å²) in [6.07, 6.45) is 4.71. The monoisotopic (exact) mass is 377 g/mol. The van der Waals surface area contributed by atoms with Crippen molar-refractivity contribution in [2.45, 2.75) is 12.5 Å². The van der Waals surface area contributed by atoms with Gasteiger partial charge < -0.3 is 19.7 Å². The van der Waals surface area contributed by atoms with Crippen molar-refractivity contribution >= 4 is 27.3 Å². The molecule has 1 aliphatic rings. The van der Waals surface area contributed by atoms with Gasteiger partial charge in [0, 0.05) is 53.7 Å². The maximum atomic E-state index is 5.36. The molecule has 0 saturated carbocycles. The topological polar surface area (TPSA) is 46.6 Å². The van der Waals surface area contributed by atoms with E-state index in [-0.39, 0.29) is 0 Å². The summed E-state index contributed by atoms with van der Waals surface area (Å²) in [4.78, 5) is 6.53. The van der Waals surface area contributed by atoms with Gasteiger partial charge in [-0.15, -0.1) is 0 Å². The van der Waals surface area contributed by atoms with Gasteiger partial charge in [0.25, 0.3) is 0 Å². The van der Waals surface area contributed by atoms with Crippen molar-refractivity contribution in [2.75, 3.05) is 37.5 Å². The largest absolute Gasteiger partial charge is 0.497 e. The molecule has 1 aromatic heterocycles. The summed E-state index contributed by atoms with van der Waals surface area (Å²) in [6.45, 7) is 1.93. The fraction of sp³-hybridized carbons (Fsp3) is 0.353. The zero-order valence-corrected chi connectivity index (χ0v) is 14.8. The van der Waals surface area contributed by atoms with E-state index in [1.54, 1.807) is 20.4 Å². The Morgan fingerprint density at radius 1 is 1.13 bits per heavy atom. The Kier molecular flexibility index (Phi) is 4.91. The first kappa shape index (κ1) is 15.9. The lowest BCUT2D eigenvalue weighted by Crippen LogP contribution is -2.26. The van der Waals surface area contributed by atoms with Crippen LogP contribution in [-0.4, -0.2) is 38.3 Å². The van der Waals surface area contributed by atoms with E-state index in [1.807, 2.05) is 30.5 Å². The van der Waals surface area contributed by atoms with Crippen molar-refractivity contribution in [1.82, 2.24) is 4.98 Å². The molecular formula is C17H20BrN3O2. The first-order valence-corrected chi connectivity index (χ1v) is 8.32. The SMILES string of the molecule is COc1cc(OC)cc(N2CCC(Nc3cncc(Br)c3)C2)c1. The van der Waals surface area contributed by atoms with Crippen LogP contribution in [0.3, 0.4) is 0 Å². The number of halogens is 1. The van der Waals surface area contributed by atoms with E-state index in [9.17, 15) is 0 Å². The Hall–Kier alpha value is -1.95. The summed E-state index contributed by atoms with van der Waals surface area (Å²) in [7, 11) is 3.35. The molecule has 2 aromatic rings. The molecule has 0 bridgehead atoms. The van der Waals surface area contributed by atoms with Crippen LogP contribution in [0.2, 0.25) is 0 Å². The molecule has 1 aromatic carbocycles. The number of rotatable bonds is 5. The lowest BCUT2D eigenvalue weighted by atomic mass is 10.2. The average molecular weight is 378 g/mol. The number of pyridine rings is 1. The van der Waals surface area contributed by atoms with E-state index in [4.69, 9.17) is 9.47 Å². The second-order valence-electron chi connectivity index (χ2n) is 5.54. The van der Waals surface area contributed by atoms with Gasteiger partial charge in [-0.1, -0.05) is 0 Å². The number of nitrogens with one attached hydrogen (secondary N) is 1. The van der Waals surface area contributed by atoms with Gasteiger partial charge in [0.15, 0.2) is 0 Å². The molecule has 23 heavy (non-hydrogen) atoms. The molecule has 1 saturated heterocycles. The molecule has 6 heteroatoms. The highest BCUT2D eigenvalue weighted by molar-refractivity contribution is 9.10. The minimum atomic E-state index is 0.392. The summed E-state index contributed by atoms with van der Waals surface area (Å²) >= 11 is 3.45. The van der Waals surface area contributed by atoms with E-state index >= 15 is 0 Å². The maximum Gasteiger partial charge on any atom is 0.124 e. The van der Waals surface area contributed by atoms with Crippen LogP contribution in [0.15, 0.2) is 41.1 Å². The van der Waals surface area contributed by atoms with Crippen LogP contribution in [0.5, 0.6) is 11.5 Å². The third-order valence-corrected chi connectivity index (χ3v) is 4.40. The van der Waals surface area contributed by atoms with E-state index in [0.29, 0.717) is 6.04 Å². The standard InChI is InChI=1S/C17H20BrN3O2/c1-22-16-6-15(7-17(8-16)23-2)21-4-3-13(11-21)20-14-5-12(18)9-19-10-14/h5-10,13,20H,3-4,11H2,1-2H3. The van der Waals surface area contributed by atoms with Crippen molar-refractivity contribution < 1.29 is 9.47 Å². The lowest BCUT2D eigenvalue weighted by molar-refractivity contribution is 0.394. The second-order valence-corrected chi connectivity index (χ2v) is 6.45. The summed E-state index contributed by atoms with van der Waals surface area (Å²) in [5.41, 5.74) is 2.16. The van der Waals surface area contributed by atoms with Gasteiger partial charge in [0.05, 0.1) is 26.1 Å². The smallest absolute Gasteiger partial charge is 0.124 e. The molecule has 122 valence electrons. The normalized spacial score (nSPS) is 17.2. The number of ether oxygens (including phenoxy) is 2. The lowest BCUT2D eigenvalue weighted by Gasteiger charge is -2.21. The van der Waals surface area contributed by atoms with Crippen LogP contribution in [0.1, 0.15) is 6.42 Å². The van der Waals surface area contributed by atoms with Crippen LogP contribution in [-0.2, 0) is 0 Å². The molecule has 0 amide bonds. The first-order chi connectivity index (χ1) is 11.2. The quantitative estimate of drug-likeness (QED) is 0.862. The van der Waals surface area contributed by atoms with Crippen LogP contribution >= 0.6 is 15.9 Å². The van der Waals surface area contributed by atoms with Crippen molar-refractivity contribution in [2.24, 2.45) is 0 Å². The van der Waals surface area contributed by atoms with Crippen LogP contribution in [0, 0.1) is 0 Å². The van der Waals surface area contributed by atoms with E-state index in [0.717, 1.165) is 46.9 Å². The number of nitrogens with zero attached hydrogens (tertiary/aromatic N) is 2. The number of anilines is 2. The fourth-order valence-corrected chi connectivity index (χ4v) is 3.18. The number of benzene rings is 1. The summed E-state index contributed by atoms with van der Waals surface area (Å²) in [5, 5.41) is 3.54. The van der Waals surface area contributed by atoms with E-state index in [2.05, 4.69) is 31.1 Å². The fourth-order valence-electron chi connectivity index (χ4n) is 2.81. The number of hydrogen-bond donors (Lipinski definition) is 1. The Morgan fingerprint density at radius 3 is 2.52 bits per heavy atom. The van der Waals surface area contributed by atoms with Gasteiger partial charge in [-0.05, 0) is 28.4 Å². The van der Waals surface area contributed by atoms with Gasteiger partial charge in [-0.2, -0.15) is 0 Å². The highest BCUT2D eigenvalue weighted by Crippen LogP contribution is 2.31. The molecule has 1 N–H and O–H groups in total. The zero-order chi connectivity index (χ0) is 16.2. The predicted octanol–water partition coefficient (Wildman–Crippen LogP) is 3.55. The van der Waals surface area contributed by atoms with Gasteiger partial charge in [-0.3, -0.25) is 4.98 Å². The third kappa shape index (κ3) is 3.88. The Bertz CT molecular complexity index is 658. The van der Waals surface area contributed by atoms with Crippen molar-refractivity contribution in [3.8, 4) is 11.5 Å². The van der Waals surface area contributed by atoms with Gasteiger partial charge in [-0.25, -0.2) is 0 Å². The highest BCUT2D eigenvalue weighted by Gasteiger charge is 2.23. The van der Waals surface area contributed by atoms with E-state index in [1.165, 1.54) is 0 Å². The van der Waals surface area contributed by atoms with Crippen LogP contribution in [0.25, 0.3) is 0 Å². The van der Waals surface area contributed by atoms with E-state index < -0.39 is 0 Å². The minimum Gasteiger partial charge on any atom is -0.497 e. The van der Waals surface area contributed by atoms with Crippen molar-refractivity contribution in [3.05, 3.63) is 41.1 Å². The van der Waals surface area contributed by atoms with Crippen molar-refractivity contribution in [3.63, 3.8) is 0 Å². The Labute approximate surface area is 144 Å². The van der Waals surface area contributed by atoms with Gasteiger partial charge >= 0.3 is 0 Å². The molecule has 5 nitrogen and oxygen atoms in total. The highest BCUT2D eigenvalue weighted by atomic mass is 79.9. The Morgan fingerprint density at radius 2 is 1.87 bits per heavy atom. The molecular weight excluding hydrogens is 358 g/mol. The maximum absolute atomic E-state index is 5.36. The predicted molar refractivity (Wildman–Crippen MR) is 95.7 cm³/mol. The third-order valence-electron chi connectivity index (χ3n) is 3.97. The molecule has 0 radical (unpaired) electrons. The number of methoxy groups -OCH3 is 2. The first-order valence-electron chi connectivity index (χ1n) is 7.53. The molecule has 0 spiro atoms.